The summed E-state index contributed by atoms with van der Waals surface area (Å²) in [7, 11) is -3.04. The standard InChI is InChI=1S/C9H17ClO4S/c10-3-5-13-6-7-15(11,12)8-9-2-1-4-14-9/h9H,1-8H2. The van der Waals surface area contributed by atoms with Gasteiger partial charge in [0.15, 0.2) is 9.84 Å². The van der Waals surface area contributed by atoms with Crippen LogP contribution in [0.2, 0.25) is 0 Å². The minimum atomic E-state index is -3.04. The van der Waals surface area contributed by atoms with Gasteiger partial charge in [0, 0.05) is 12.5 Å². The topological polar surface area (TPSA) is 52.6 Å². The second-order valence-corrected chi connectivity index (χ2v) is 6.16. The average Bonchev–Trinajstić information content (AvgIpc) is 2.64. The summed E-state index contributed by atoms with van der Waals surface area (Å²) >= 11 is 5.39. The maximum absolute atomic E-state index is 11.6. The third kappa shape index (κ3) is 5.70. The highest BCUT2D eigenvalue weighted by Gasteiger charge is 2.22. The Kier molecular flexibility index (Phi) is 5.89. The molecular formula is C9H17ClO4S. The predicted octanol–water partition coefficient (Wildman–Crippen LogP) is 0.836. The van der Waals surface area contributed by atoms with Gasteiger partial charge in [-0.1, -0.05) is 0 Å². The highest BCUT2D eigenvalue weighted by molar-refractivity contribution is 7.91. The molecule has 6 heteroatoms. The molecule has 1 heterocycles. The van der Waals surface area contributed by atoms with Crippen LogP contribution < -0.4 is 0 Å². The van der Waals surface area contributed by atoms with Crippen molar-refractivity contribution in [2.45, 2.75) is 18.9 Å². The second kappa shape index (κ2) is 6.68. The maximum Gasteiger partial charge on any atom is 0.155 e. The number of sulfone groups is 1. The Morgan fingerprint density at radius 1 is 1.40 bits per heavy atom. The van der Waals surface area contributed by atoms with Crippen LogP contribution in [0.5, 0.6) is 0 Å². The molecule has 1 aliphatic rings. The van der Waals surface area contributed by atoms with E-state index < -0.39 is 9.84 Å². The van der Waals surface area contributed by atoms with E-state index in [1.807, 2.05) is 0 Å². The largest absolute Gasteiger partial charge is 0.379 e. The summed E-state index contributed by atoms with van der Waals surface area (Å²) < 4.78 is 33.4. The molecule has 4 nitrogen and oxygen atoms in total. The van der Waals surface area contributed by atoms with Crippen LogP contribution in [0.15, 0.2) is 0 Å². The van der Waals surface area contributed by atoms with E-state index >= 15 is 0 Å². The molecule has 0 bridgehead atoms. The monoisotopic (exact) mass is 256 g/mol. The third-order valence-corrected chi connectivity index (χ3v) is 4.05. The molecule has 90 valence electrons. The van der Waals surface area contributed by atoms with Gasteiger partial charge in [-0.3, -0.25) is 0 Å². The molecule has 0 aromatic heterocycles. The molecule has 1 atom stereocenters. The predicted molar refractivity (Wildman–Crippen MR) is 59.2 cm³/mol. The number of rotatable bonds is 7. The van der Waals surface area contributed by atoms with E-state index in [9.17, 15) is 8.42 Å². The summed E-state index contributed by atoms with van der Waals surface area (Å²) in [5.74, 6) is 0.576. The Hall–Kier alpha value is 0.160. The number of halogens is 1. The van der Waals surface area contributed by atoms with Gasteiger partial charge in [-0.15, -0.1) is 11.6 Å². The zero-order valence-corrected chi connectivity index (χ0v) is 10.2. The van der Waals surface area contributed by atoms with Crippen molar-refractivity contribution >= 4 is 21.4 Å². The molecule has 1 aliphatic heterocycles. The lowest BCUT2D eigenvalue weighted by atomic mass is 10.3. The number of alkyl halides is 1. The average molecular weight is 257 g/mol. The van der Waals surface area contributed by atoms with E-state index in [-0.39, 0.29) is 24.2 Å². The third-order valence-electron chi connectivity index (χ3n) is 2.22. The van der Waals surface area contributed by atoms with Crippen LogP contribution in [0.1, 0.15) is 12.8 Å². The number of hydrogen-bond donors (Lipinski definition) is 0. The Labute approximate surface area is 95.8 Å². The first-order valence-corrected chi connectivity index (χ1v) is 7.45. The maximum atomic E-state index is 11.6. The van der Waals surface area contributed by atoms with Gasteiger partial charge in [0.05, 0.1) is 30.8 Å². The van der Waals surface area contributed by atoms with Crippen molar-refractivity contribution in [3.05, 3.63) is 0 Å². The lowest BCUT2D eigenvalue weighted by Crippen LogP contribution is -2.24. The smallest absolute Gasteiger partial charge is 0.155 e. The van der Waals surface area contributed by atoms with Crippen molar-refractivity contribution in [3.63, 3.8) is 0 Å². The van der Waals surface area contributed by atoms with Crippen molar-refractivity contribution < 1.29 is 17.9 Å². The number of hydrogen-bond acceptors (Lipinski definition) is 4. The van der Waals surface area contributed by atoms with Crippen LogP contribution in [0, 0.1) is 0 Å². The van der Waals surface area contributed by atoms with Gasteiger partial charge < -0.3 is 9.47 Å². The fourth-order valence-electron chi connectivity index (χ4n) is 1.48. The molecule has 15 heavy (non-hydrogen) atoms. The molecule has 1 fully saturated rings. The summed E-state index contributed by atoms with van der Waals surface area (Å²) in [6, 6.07) is 0. The molecule has 0 spiro atoms. The van der Waals surface area contributed by atoms with Crippen molar-refractivity contribution in [3.8, 4) is 0 Å². The lowest BCUT2D eigenvalue weighted by Gasteiger charge is -2.09. The second-order valence-electron chi connectivity index (χ2n) is 3.55. The van der Waals surface area contributed by atoms with Crippen LogP contribution in [-0.4, -0.2) is 51.7 Å². The first-order valence-electron chi connectivity index (χ1n) is 5.10. The lowest BCUT2D eigenvalue weighted by molar-refractivity contribution is 0.127. The zero-order chi connectivity index (χ0) is 11.1. The Morgan fingerprint density at radius 2 is 2.20 bits per heavy atom. The van der Waals surface area contributed by atoms with Crippen LogP contribution >= 0.6 is 11.6 Å². The molecule has 0 radical (unpaired) electrons. The van der Waals surface area contributed by atoms with Crippen molar-refractivity contribution in [1.82, 2.24) is 0 Å². The van der Waals surface area contributed by atoms with Gasteiger partial charge in [-0.25, -0.2) is 8.42 Å². The van der Waals surface area contributed by atoms with E-state index in [2.05, 4.69) is 0 Å². The summed E-state index contributed by atoms with van der Waals surface area (Å²) in [5.41, 5.74) is 0. The van der Waals surface area contributed by atoms with Gasteiger partial charge in [-0.2, -0.15) is 0 Å². The molecule has 1 rings (SSSR count). The molecule has 0 N–H and O–H groups in total. The zero-order valence-electron chi connectivity index (χ0n) is 8.65. The molecule has 0 aliphatic carbocycles. The van der Waals surface area contributed by atoms with Crippen LogP contribution in [0.25, 0.3) is 0 Å². The molecule has 1 saturated heterocycles. The van der Waals surface area contributed by atoms with Crippen molar-refractivity contribution in [1.29, 1.82) is 0 Å². The molecule has 0 aromatic rings. The molecule has 0 saturated carbocycles. The van der Waals surface area contributed by atoms with E-state index in [4.69, 9.17) is 21.1 Å². The van der Waals surface area contributed by atoms with E-state index in [0.717, 1.165) is 12.8 Å². The van der Waals surface area contributed by atoms with Crippen molar-refractivity contribution in [2.24, 2.45) is 0 Å². The minimum absolute atomic E-state index is 0.0593. The van der Waals surface area contributed by atoms with Gasteiger partial charge in [-0.05, 0) is 12.8 Å². The molecule has 0 aromatic carbocycles. The minimum Gasteiger partial charge on any atom is -0.379 e. The highest BCUT2D eigenvalue weighted by atomic mass is 35.5. The summed E-state index contributed by atoms with van der Waals surface area (Å²) in [6.07, 6.45) is 1.70. The van der Waals surface area contributed by atoms with E-state index in [1.54, 1.807) is 0 Å². The molecule has 1 unspecified atom stereocenters. The van der Waals surface area contributed by atoms with Gasteiger partial charge in [0.1, 0.15) is 0 Å². The summed E-state index contributed by atoms with van der Waals surface area (Å²) in [6.45, 7) is 1.31. The quantitative estimate of drug-likeness (QED) is 0.500. The Morgan fingerprint density at radius 3 is 2.80 bits per heavy atom. The van der Waals surface area contributed by atoms with Crippen LogP contribution in [0.3, 0.4) is 0 Å². The highest BCUT2D eigenvalue weighted by Crippen LogP contribution is 2.14. The Balaban J connectivity index is 2.19. The SMILES string of the molecule is O=S(=O)(CCOCCCl)CC1CCCO1. The van der Waals surface area contributed by atoms with E-state index in [0.29, 0.717) is 19.1 Å². The number of ether oxygens (including phenoxy) is 2. The first-order chi connectivity index (χ1) is 7.14. The fraction of sp³-hybridized carbons (Fsp3) is 1.00. The van der Waals surface area contributed by atoms with Crippen LogP contribution in [0.4, 0.5) is 0 Å². The van der Waals surface area contributed by atoms with Crippen LogP contribution in [-0.2, 0) is 19.3 Å². The molecule has 0 amide bonds. The van der Waals surface area contributed by atoms with E-state index in [1.165, 1.54) is 0 Å². The normalized spacial score (nSPS) is 22.1. The van der Waals surface area contributed by atoms with Gasteiger partial charge >= 0.3 is 0 Å². The summed E-state index contributed by atoms with van der Waals surface area (Å²) in [4.78, 5) is 0. The van der Waals surface area contributed by atoms with Gasteiger partial charge in [0.25, 0.3) is 0 Å². The molecular weight excluding hydrogens is 240 g/mol. The Bertz CT molecular complexity index is 259. The fourth-order valence-corrected chi connectivity index (χ4v) is 2.96. The van der Waals surface area contributed by atoms with Crippen molar-refractivity contribution in [2.75, 3.05) is 37.2 Å². The van der Waals surface area contributed by atoms with Gasteiger partial charge in [0.2, 0.25) is 0 Å². The first kappa shape index (κ1) is 13.2. The summed E-state index contributed by atoms with van der Waals surface area (Å²) in [5, 5.41) is 0.